The number of nitrogens with two attached hydrogens (primary N) is 1. The average molecular weight is 292 g/mol. The molecule has 1 aromatic carbocycles. The molecule has 0 aliphatic heterocycles. The molecule has 0 radical (unpaired) electrons. The lowest BCUT2D eigenvalue weighted by Gasteiger charge is -2.32. The quantitative estimate of drug-likeness (QED) is 0.877. The second-order valence-electron chi connectivity index (χ2n) is 5.09. The van der Waals surface area contributed by atoms with Gasteiger partial charge in [0.1, 0.15) is 5.82 Å². The van der Waals surface area contributed by atoms with Crippen molar-refractivity contribution < 1.29 is 4.39 Å². The largest absolute Gasteiger partial charge is 0.326 e. The molecule has 2 unspecified atom stereocenters. The molecule has 0 spiro atoms. The van der Waals surface area contributed by atoms with Gasteiger partial charge in [-0.05, 0) is 41.9 Å². The van der Waals surface area contributed by atoms with Gasteiger partial charge in [0, 0.05) is 18.2 Å². The molecule has 2 atom stereocenters. The average Bonchev–Trinajstić information content (AvgIpc) is 2.93. The summed E-state index contributed by atoms with van der Waals surface area (Å²) in [6.07, 6.45) is 0.812. The van der Waals surface area contributed by atoms with E-state index in [1.807, 2.05) is 26.1 Å². The van der Waals surface area contributed by atoms with Crippen molar-refractivity contribution in [3.8, 4) is 0 Å². The summed E-state index contributed by atoms with van der Waals surface area (Å²) in [5.41, 5.74) is 8.16. The number of rotatable bonds is 6. The summed E-state index contributed by atoms with van der Waals surface area (Å²) in [7, 11) is 2.00. The Labute approximate surface area is 124 Å². The lowest BCUT2D eigenvalue weighted by Crippen LogP contribution is -2.39. The third kappa shape index (κ3) is 3.45. The number of likely N-dealkylation sites (N-methyl/N-ethyl adjacent to an activating group) is 1. The molecule has 0 fully saturated rings. The van der Waals surface area contributed by atoms with E-state index in [1.165, 1.54) is 11.6 Å². The van der Waals surface area contributed by atoms with Crippen molar-refractivity contribution in [2.45, 2.75) is 32.0 Å². The van der Waals surface area contributed by atoms with Crippen molar-refractivity contribution >= 4 is 11.3 Å². The summed E-state index contributed by atoms with van der Waals surface area (Å²) in [4.78, 5) is 2.13. The number of benzene rings is 1. The standard InChI is InChI=1S/C16H21FN2S/c1-3-15(18)16(13-6-4-5-7-14(13)17)19(2)10-12-8-9-20-11-12/h4-9,11,15-16H,3,10,18H2,1-2H3. The Kier molecular flexibility index (Phi) is 5.29. The monoisotopic (exact) mass is 292 g/mol. The summed E-state index contributed by atoms with van der Waals surface area (Å²) in [6.45, 7) is 2.81. The summed E-state index contributed by atoms with van der Waals surface area (Å²) in [5.74, 6) is -0.182. The molecule has 108 valence electrons. The maximum absolute atomic E-state index is 14.1. The van der Waals surface area contributed by atoms with E-state index >= 15 is 0 Å². The number of nitrogens with zero attached hydrogens (tertiary/aromatic N) is 1. The van der Waals surface area contributed by atoms with E-state index in [1.54, 1.807) is 17.4 Å². The van der Waals surface area contributed by atoms with Crippen LogP contribution < -0.4 is 5.73 Å². The van der Waals surface area contributed by atoms with Crippen molar-refractivity contribution in [3.05, 3.63) is 58.0 Å². The van der Waals surface area contributed by atoms with E-state index in [9.17, 15) is 4.39 Å². The topological polar surface area (TPSA) is 29.3 Å². The molecular weight excluding hydrogens is 271 g/mol. The van der Waals surface area contributed by atoms with Crippen LogP contribution in [0.3, 0.4) is 0 Å². The zero-order chi connectivity index (χ0) is 14.5. The van der Waals surface area contributed by atoms with Gasteiger partial charge in [-0.1, -0.05) is 25.1 Å². The third-order valence-corrected chi connectivity index (χ3v) is 4.32. The molecule has 2 aromatic rings. The highest BCUT2D eigenvalue weighted by molar-refractivity contribution is 7.07. The lowest BCUT2D eigenvalue weighted by molar-refractivity contribution is 0.197. The van der Waals surface area contributed by atoms with E-state index in [4.69, 9.17) is 5.73 Å². The summed E-state index contributed by atoms with van der Waals surface area (Å²) in [5, 5.41) is 4.17. The molecule has 4 heteroatoms. The SMILES string of the molecule is CCC(N)C(c1ccccc1F)N(C)Cc1ccsc1. The van der Waals surface area contributed by atoms with Crippen LogP contribution in [0, 0.1) is 5.82 Å². The van der Waals surface area contributed by atoms with Crippen molar-refractivity contribution in [1.29, 1.82) is 0 Å². The van der Waals surface area contributed by atoms with Crippen LogP contribution in [0.15, 0.2) is 41.1 Å². The van der Waals surface area contributed by atoms with Crippen LogP contribution in [0.5, 0.6) is 0 Å². The predicted octanol–water partition coefficient (Wildman–Crippen LogP) is 3.80. The third-order valence-electron chi connectivity index (χ3n) is 3.59. The first kappa shape index (κ1) is 15.2. The first-order valence-electron chi connectivity index (χ1n) is 6.84. The highest BCUT2D eigenvalue weighted by Crippen LogP contribution is 2.27. The normalized spacial score (nSPS) is 14.4. The van der Waals surface area contributed by atoms with Gasteiger partial charge in [0.15, 0.2) is 0 Å². The van der Waals surface area contributed by atoms with Crippen molar-refractivity contribution in [2.24, 2.45) is 5.73 Å². The Balaban J connectivity index is 2.25. The van der Waals surface area contributed by atoms with Crippen LogP contribution in [-0.4, -0.2) is 18.0 Å². The molecular formula is C16H21FN2S. The van der Waals surface area contributed by atoms with Gasteiger partial charge in [-0.3, -0.25) is 4.90 Å². The Morgan fingerprint density at radius 1 is 1.30 bits per heavy atom. The van der Waals surface area contributed by atoms with Gasteiger partial charge in [-0.15, -0.1) is 0 Å². The number of halogens is 1. The number of hydrogen-bond acceptors (Lipinski definition) is 3. The zero-order valence-electron chi connectivity index (χ0n) is 11.9. The number of hydrogen-bond donors (Lipinski definition) is 1. The first-order chi connectivity index (χ1) is 9.63. The molecule has 2 nitrogen and oxygen atoms in total. The van der Waals surface area contributed by atoms with Crippen molar-refractivity contribution in [3.63, 3.8) is 0 Å². The minimum absolute atomic E-state index is 0.0875. The zero-order valence-corrected chi connectivity index (χ0v) is 12.7. The van der Waals surface area contributed by atoms with Gasteiger partial charge in [-0.25, -0.2) is 4.39 Å². The summed E-state index contributed by atoms with van der Waals surface area (Å²) >= 11 is 1.67. The highest BCUT2D eigenvalue weighted by Gasteiger charge is 2.25. The molecule has 0 bridgehead atoms. The Hall–Kier alpha value is -1.23. The van der Waals surface area contributed by atoms with Gasteiger partial charge in [0.05, 0.1) is 6.04 Å². The van der Waals surface area contributed by atoms with Crippen LogP contribution in [-0.2, 0) is 6.54 Å². The molecule has 1 heterocycles. The maximum Gasteiger partial charge on any atom is 0.128 e. The van der Waals surface area contributed by atoms with Gasteiger partial charge >= 0.3 is 0 Å². The molecule has 2 rings (SSSR count). The highest BCUT2D eigenvalue weighted by atomic mass is 32.1. The van der Waals surface area contributed by atoms with Crippen LogP contribution in [0.2, 0.25) is 0 Å². The van der Waals surface area contributed by atoms with Crippen LogP contribution >= 0.6 is 11.3 Å². The molecule has 20 heavy (non-hydrogen) atoms. The second-order valence-corrected chi connectivity index (χ2v) is 5.87. The molecule has 0 saturated heterocycles. The maximum atomic E-state index is 14.1. The first-order valence-corrected chi connectivity index (χ1v) is 7.79. The van der Waals surface area contributed by atoms with Gasteiger partial charge in [-0.2, -0.15) is 11.3 Å². The van der Waals surface area contributed by atoms with Crippen LogP contribution in [0.1, 0.15) is 30.5 Å². The Morgan fingerprint density at radius 2 is 2.05 bits per heavy atom. The minimum atomic E-state index is -0.182. The van der Waals surface area contributed by atoms with Crippen molar-refractivity contribution in [2.75, 3.05) is 7.05 Å². The fourth-order valence-corrected chi connectivity index (χ4v) is 3.16. The fraction of sp³-hybridized carbons (Fsp3) is 0.375. The molecule has 1 aromatic heterocycles. The Morgan fingerprint density at radius 3 is 2.65 bits per heavy atom. The number of thiophene rings is 1. The minimum Gasteiger partial charge on any atom is -0.326 e. The lowest BCUT2D eigenvalue weighted by atomic mass is 9.96. The summed E-state index contributed by atoms with van der Waals surface area (Å²) in [6, 6.07) is 8.81. The fourth-order valence-electron chi connectivity index (χ4n) is 2.50. The van der Waals surface area contributed by atoms with E-state index < -0.39 is 0 Å². The van der Waals surface area contributed by atoms with Crippen LogP contribution in [0.25, 0.3) is 0 Å². The van der Waals surface area contributed by atoms with Crippen molar-refractivity contribution in [1.82, 2.24) is 4.90 Å². The predicted molar refractivity (Wildman–Crippen MR) is 83.2 cm³/mol. The Bertz CT molecular complexity index is 527. The second kappa shape index (κ2) is 6.97. The van der Waals surface area contributed by atoms with E-state index in [0.717, 1.165) is 13.0 Å². The molecule has 0 amide bonds. The molecule has 2 N–H and O–H groups in total. The molecule has 0 saturated carbocycles. The van der Waals surface area contributed by atoms with E-state index in [-0.39, 0.29) is 17.9 Å². The smallest absolute Gasteiger partial charge is 0.128 e. The molecule has 0 aliphatic carbocycles. The van der Waals surface area contributed by atoms with Gasteiger partial charge < -0.3 is 5.73 Å². The van der Waals surface area contributed by atoms with Gasteiger partial charge in [0.2, 0.25) is 0 Å². The van der Waals surface area contributed by atoms with Crippen LogP contribution in [0.4, 0.5) is 4.39 Å². The van der Waals surface area contributed by atoms with Gasteiger partial charge in [0.25, 0.3) is 0 Å². The molecule has 0 aliphatic rings. The van der Waals surface area contributed by atoms with E-state index in [0.29, 0.717) is 5.56 Å². The van der Waals surface area contributed by atoms with E-state index in [2.05, 4.69) is 21.7 Å². The summed E-state index contributed by atoms with van der Waals surface area (Å²) < 4.78 is 14.1.